The molecule has 0 aromatic heterocycles. The van der Waals surface area contributed by atoms with Crippen molar-refractivity contribution < 1.29 is 21.9 Å². The molecule has 0 spiro atoms. The number of hydrogen-bond acceptors (Lipinski definition) is 4. The van der Waals surface area contributed by atoms with Gasteiger partial charge in [-0.15, -0.1) is 0 Å². The first kappa shape index (κ1) is 17.1. The van der Waals surface area contributed by atoms with Gasteiger partial charge in [-0.3, -0.25) is 0 Å². The molecule has 1 N–H and O–H groups in total. The van der Waals surface area contributed by atoms with E-state index in [0.29, 0.717) is 18.8 Å². The van der Waals surface area contributed by atoms with Gasteiger partial charge >= 0.3 is 6.61 Å². The van der Waals surface area contributed by atoms with Gasteiger partial charge in [-0.1, -0.05) is 12.1 Å². The monoisotopic (exact) mass is 333 g/mol. The molecule has 0 aliphatic carbocycles. The molecular formula is C15H21F2NO3S. The molecule has 0 unspecified atom stereocenters. The van der Waals surface area contributed by atoms with E-state index in [4.69, 9.17) is 0 Å². The van der Waals surface area contributed by atoms with Crippen LogP contribution >= 0.6 is 0 Å². The standard InChI is InChI=1S/C15H21F2NO3S/c1-11(13-3-2-4-14(9-13)21-15(16)17)18-10-12-5-7-22(19,20)8-6-12/h2-4,9,11-12,15,18H,5-8,10H2,1H3/t11-/m0/s1. The molecule has 0 amide bonds. The first-order chi connectivity index (χ1) is 10.4. The lowest BCUT2D eigenvalue weighted by atomic mass is 10.0. The van der Waals surface area contributed by atoms with Crippen molar-refractivity contribution in [1.82, 2.24) is 5.32 Å². The van der Waals surface area contributed by atoms with E-state index >= 15 is 0 Å². The molecule has 124 valence electrons. The average Bonchev–Trinajstić information content (AvgIpc) is 2.45. The second kappa shape index (κ2) is 7.37. The molecule has 1 heterocycles. The zero-order valence-corrected chi connectivity index (χ0v) is 13.3. The summed E-state index contributed by atoms with van der Waals surface area (Å²) in [7, 11) is -2.84. The number of ether oxygens (including phenoxy) is 1. The van der Waals surface area contributed by atoms with Crippen molar-refractivity contribution in [2.24, 2.45) is 5.92 Å². The Hall–Kier alpha value is -1.21. The summed E-state index contributed by atoms with van der Waals surface area (Å²) >= 11 is 0. The predicted octanol–water partition coefficient (Wildman–Crippen LogP) is 2.76. The fraction of sp³-hybridized carbons (Fsp3) is 0.600. The molecule has 1 atom stereocenters. The minimum atomic E-state index is -2.84. The van der Waals surface area contributed by atoms with Crippen LogP contribution in [-0.4, -0.2) is 33.1 Å². The summed E-state index contributed by atoms with van der Waals surface area (Å²) in [4.78, 5) is 0. The Kier molecular flexibility index (Phi) is 5.74. The van der Waals surface area contributed by atoms with E-state index in [1.54, 1.807) is 12.1 Å². The van der Waals surface area contributed by atoms with Gasteiger partial charge in [-0.05, 0) is 49.9 Å². The van der Waals surface area contributed by atoms with Crippen LogP contribution in [0, 0.1) is 5.92 Å². The summed E-state index contributed by atoms with van der Waals surface area (Å²) < 4.78 is 51.6. The largest absolute Gasteiger partial charge is 0.435 e. The van der Waals surface area contributed by atoms with Crippen LogP contribution in [0.1, 0.15) is 31.4 Å². The maximum absolute atomic E-state index is 12.2. The zero-order chi connectivity index (χ0) is 16.2. The molecular weight excluding hydrogens is 312 g/mol. The maximum atomic E-state index is 12.2. The topological polar surface area (TPSA) is 55.4 Å². The molecule has 1 fully saturated rings. The smallest absolute Gasteiger partial charge is 0.387 e. The third-order valence-electron chi connectivity index (χ3n) is 3.97. The number of halogens is 2. The summed E-state index contributed by atoms with van der Waals surface area (Å²) in [6.45, 7) is -0.166. The molecule has 0 bridgehead atoms. The van der Waals surface area contributed by atoms with Crippen LogP contribution in [0.5, 0.6) is 5.75 Å². The van der Waals surface area contributed by atoms with Gasteiger partial charge in [0.1, 0.15) is 15.6 Å². The van der Waals surface area contributed by atoms with Gasteiger partial charge in [0, 0.05) is 6.04 Å². The van der Waals surface area contributed by atoms with Crippen molar-refractivity contribution in [3.8, 4) is 5.75 Å². The molecule has 7 heteroatoms. The molecule has 1 aliphatic heterocycles. The van der Waals surface area contributed by atoms with E-state index in [2.05, 4.69) is 10.1 Å². The van der Waals surface area contributed by atoms with Crippen molar-refractivity contribution in [2.75, 3.05) is 18.1 Å². The summed E-state index contributed by atoms with van der Waals surface area (Å²) in [5.41, 5.74) is 0.863. The highest BCUT2D eigenvalue weighted by Gasteiger charge is 2.23. The van der Waals surface area contributed by atoms with E-state index in [1.165, 1.54) is 6.07 Å². The summed E-state index contributed by atoms with van der Waals surface area (Å²) in [5.74, 6) is 0.994. The first-order valence-corrected chi connectivity index (χ1v) is 9.16. The Morgan fingerprint density at radius 1 is 1.32 bits per heavy atom. The molecule has 0 radical (unpaired) electrons. The van der Waals surface area contributed by atoms with Crippen LogP contribution in [-0.2, 0) is 9.84 Å². The van der Waals surface area contributed by atoms with Gasteiger partial charge in [0.25, 0.3) is 0 Å². The van der Waals surface area contributed by atoms with Crippen LogP contribution in [0.2, 0.25) is 0 Å². The normalized spacial score (nSPS) is 20.0. The third-order valence-corrected chi connectivity index (χ3v) is 5.69. The Bertz CT molecular complexity index is 578. The van der Waals surface area contributed by atoms with E-state index in [-0.39, 0.29) is 23.3 Å². The van der Waals surface area contributed by atoms with Crippen molar-refractivity contribution in [3.05, 3.63) is 29.8 Å². The number of sulfone groups is 1. The lowest BCUT2D eigenvalue weighted by Crippen LogP contribution is -2.32. The highest BCUT2D eigenvalue weighted by atomic mass is 32.2. The summed E-state index contributed by atoms with van der Waals surface area (Å²) in [6, 6.07) is 6.60. The lowest BCUT2D eigenvalue weighted by Gasteiger charge is -2.24. The summed E-state index contributed by atoms with van der Waals surface area (Å²) in [5, 5.41) is 3.34. The Morgan fingerprint density at radius 2 is 2.00 bits per heavy atom. The number of nitrogens with one attached hydrogen (secondary N) is 1. The molecule has 0 saturated carbocycles. The van der Waals surface area contributed by atoms with Gasteiger partial charge in [0.2, 0.25) is 0 Å². The number of hydrogen-bond donors (Lipinski definition) is 1. The van der Waals surface area contributed by atoms with Gasteiger partial charge in [0.05, 0.1) is 11.5 Å². The number of rotatable bonds is 6. The van der Waals surface area contributed by atoms with Crippen molar-refractivity contribution >= 4 is 9.84 Å². The average molecular weight is 333 g/mol. The first-order valence-electron chi connectivity index (χ1n) is 7.34. The molecule has 1 aliphatic rings. The van der Waals surface area contributed by atoms with Crippen molar-refractivity contribution in [3.63, 3.8) is 0 Å². The zero-order valence-electron chi connectivity index (χ0n) is 12.5. The fourth-order valence-electron chi connectivity index (χ4n) is 2.56. The molecule has 1 aromatic rings. The van der Waals surface area contributed by atoms with Crippen LogP contribution in [0.25, 0.3) is 0 Å². The highest BCUT2D eigenvalue weighted by Crippen LogP contribution is 2.22. The van der Waals surface area contributed by atoms with E-state index in [9.17, 15) is 17.2 Å². The van der Waals surface area contributed by atoms with Crippen LogP contribution in [0.15, 0.2) is 24.3 Å². The van der Waals surface area contributed by atoms with Gasteiger partial charge < -0.3 is 10.1 Å². The van der Waals surface area contributed by atoms with E-state index < -0.39 is 16.4 Å². The van der Waals surface area contributed by atoms with Gasteiger partial charge in [-0.25, -0.2) is 8.42 Å². The highest BCUT2D eigenvalue weighted by molar-refractivity contribution is 7.91. The fourth-order valence-corrected chi connectivity index (χ4v) is 4.15. The van der Waals surface area contributed by atoms with Crippen LogP contribution in [0.3, 0.4) is 0 Å². The third kappa shape index (κ3) is 5.21. The minimum absolute atomic E-state index is 0.0141. The summed E-state index contributed by atoms with van der Waals surface area (Å²) in [6.07, 6.45) is 1.35. The molecule has 4 nitrogen and oxygen atoms in total. The lowest BCUT2D eigenvalue weighted by molar-refractivity contribution is -0.0499. The predicted molar refractivity (Wildman–Crippen MR) is 80.9 cm³/mol. The quantitative estimate of drug-likeness (QED) is 0.870. The van der Waals surface area contributed by atoms with Crippen molar-refractivity contribution in [2.45, 2.75) is 32.4 Å². The molecule has 1 saturated heterocycles. The minimum Gasteiger partial charge on any atom is -0.435 e. The van der Waals surface area contributed by atoms with Crippen LogP contribution < -0.4 is 10.1 Å². The number of alkyl halides is 2. The van der Waals surface area contributed by atoms with E-state index in [1.807, 2.05) is 13.0 Å². The molecule has 1 aromatic carbocycles. The second-order valence-corrected chi connectivity index (χ2v) is 7.98. The second-order valence-electron chi connectivity index (χ2n) is 5.68. The molecule has 22 heavy (non-hydrogen) atoms. The Morgan fingerprint density at radius 3 is 2.64 bits per heavy atom. The SMILES string of the molecule is C[C@H](NCC1CCS(=O)(=O)CC1)c1cccc(OC(F)F)c1. The molecule has 2 rings (SSSR count). The Labute approximate surface area is 129 Å². The van der Waals surface area contributed by atoms with Gasteiger partial charge in [0.15, 0.2) is 0 Å². The number of benzene rings is 1. The maximum Gasteiger partial charge on any atom is 0.387 e. The van der Waals surface area contributed by atoms with Gasteiger partial charge in [-0.2, -0.15) is 8.78 Å². The van der Waals surface area contributed by atoms with Crippen molar-refractivity contribution in [1.29, 1.82) is 0 Å². The Balaban J connectivity index is 1.86. The van der Waals surface area contributed by atoms with E-state index in [0.717, 1.165) is 12.1 Å². The van der Waals surface area contributed by atoms with Crippen LogP contribution in [0.4, 0.5) is 8.78 Å².